The van der Waals surface area contributed by atoms with Gasteiger partial charge in [0, 0.05) is 27.4 Å². The Balaban J connectivity index is 4.23. The van der Waals surface area contributed by atoms with Gasteiger partial charge in [-0.2, -0.15) is 5.26 Å². The van der Waals surface area contributed by atoms with Crippen molar-refractivity contribution in [3.8, 4) is 6.07 Å². The minimum absolute atomic E-state index is 0.282. The molecule has 0 radical (unpaired) electrons. The molecule has 104 valence electrons. The minimum Gasteiger partial charge on any atom is -0.465 e. The molecule has 7 heteroatoms. The zero-order chi connectivity index (χ0) is 14.0. The maximum atomic E-state index is 11.4. The number of nitrogens with zero attached hydrogens (tertiary/aromatic N) is 1. The second-order valence-electron chi connectivity index (χ2n) is 3.62. The maximum absolute atomic E-state index is 11.4. The van der Waals surface area contributed by atoms with E-state index >= 15 is 0 Å². The standard InChI is InChI=1S/C11H21NO5Si/c1-5-17-11(13)10(9-12)7-6-8-18(14-2,15-3)16-4/h10H,5-8H2,1-4H3. The predicted molar refractivity (Wildman–Crippen MR) is 66.6 cm³/mol. The van der Waals surface area contributed by atoms with Crippen molar-refractivity contribution in [2.75, 3.05) is 27.9 Å². The van der Waals surface area contributed by atoms with Gasteiger partial charge in [0.1, 0.15) is 5.92 Å². The van der Waals surface area contributed by atoms with Crippen LogP contribution in [-0.2, 0) is 22.8 Å². The second-order valence-corrected chi connectivity index (χ2v) is 6.71. The molecule has 0 rings (SSSR count). The van der Waals surface area contributed by atoms with Gasteiger partial charge in [0.25, 0.3) is 0 Å². The first kappa shape index (κ1) is 17.1. The molecule has 0 fully saturated rings. The van der Waals surface area contributed by atoms with Gasteiger partial charge in [-0.05, 0) is 19.8 Å². The Bertz CT molecular complexity index is 279. The molecule has 0 aliphatic rings. The van der Waals surface area contributed by atoms with Crippen LogP contribution < -0.4 is 0 Å². The summed E-state index contributed by atoms with van der Waals surface area (Å²) in [5, 5.41) is 8.89. The number of hydrogen-bond donors (Lipinski definition) is 0. The Morgan fingerprint density at radius 3 is 2.22 bits per heavy atom. The van der Waals surface area contributed by atoms with Crippen molar-refractivity contribution >= 4 is 14.8 Å². The van der Waals surface area contributed by atoms with Crippen LogP contribution in [0.25, 0.3) is 0 Å². The van der Waals surface area contributed by atoms with Crippen LogP contribution in [0, 0.1) is 17.2 Å². The molecule has 0 amide bonds. The van der Waals surface area contributed by atoms with Crippen LogP contribution in [0.1, 0.15) is 19.8 Å². The number of ether oxygens (including phenoxy) is 1. The van der Waals surface area contributed by atoms with Crippen LogP contribution in [0.3, 0.4) is 0 Å². The molecule has 0 saturated carbocycles. The van der Waals surface area contributed by atoms with Crippen LogP contribution in [-0.4, -0.2) is 42.7 Å². The van der Waals surface area contributed by atoms with Crippen molar-refractivity contribution in [3.05, 3.63) is 0 Å². The Morgan fingerprint density at radius 1 is 1.28 bits per heavy atom. The van der Waals surface area contributed by atoms with E-state index in [-0.39, 0.29) is 6.61 Å². The van der Waals surface area contributed by atoms with Crippen molar-refractivity contribution in [1.29, 1.82) is 5.26 Å². The number of nitriles is 1. The molecule has 18 heavy (non-hydrogen) atoms. The third-order valence-electron chi connectivity index (χ3n) is 2.64. The van der Waals surface area contributed by atoms with Gasteiger partial charge in [0.2, 0.25) is 0 Å². The number of hydrogen-bond acceptors (Lipinski definition) is 6. The summed E-state index contributed by atoms with van der Waals surface area (Å²) in [7, 11) is 1.99. The summed E-state index contributed by atoms with van der Waals surface area (Å²) >= 11 is 0. The number of carbonyl (C=O) groups is 1. The first-order valence-corrected chi connectivity index (χ1v) is 7.74. The van der Waals surface area contributed by atoms with Gasteiger partial charge in [-0.25, -0.2) is 0 Å². The smallest absolute Gasteiger partial charge is 0.465 e. The summed E-state index contributed by atoms with van der Waals surface area (Å²) in [6.07, 6.45) is 1.03. The molecular weight excluding hydrogens is 254 g/mol. The van der Waals surface area contributed by atoms with E-state index in [9.17, 15) is 4.79 Å². The summed E-state index contributed by atoms with van der Waals surface area (Å²) in [4.78, 5) is 11.4. The fourth-order valence-electron chi connectivity index (χ4n) is 1.56. The molecule has 0 aromatic rings. The highest BCUT2D eigenvalue weighted by Gasteiger charge is 2.37. The minimum atomic E-state index is -2.61. The molecule has 0 aliphatic carbocycles. The quantitative estimate of drug-likeness (QED) is 0.467. The van der Waals surface area contributed by atoms with E-state index in [4.69, 9.17) is 23.3 Å². The summed E-state index contributed by atoms with van der Waals surface area (Å²) < 4.78 is 20.6. The van der Waals surface area contributed by atoms with Crippen LogP contribution in [0.4, 0.5) is 0 Å². The molecule has 0 N–H and O–H groups in total. The molecule has 6 nitrogen and oxygen atoms in total. The maximum Gasteiger partial charge on any atom is 0.500 e. The van der Waals surface area contributed by atoms with Gasteiger partial charge >= 0.3 is 14.8 Å². The molecule has 0 aromatic heterocycles. The summed E-state index contributed by atoms with van der Waals surface area (Å²) in [5.41, 5.74) is 0. The molecule has 0 aliphatic heterocycles. The Hall–Kier alpha value is -0.943. The lowest BCUT2D eigenvalue weighted by Crippen LogP contribution is -2.42. The topological polar surface area (TPSA) is 77.8 Å². The fraction of sp³-hybridized carbons (Fsp3) is 0.818. The largest absolute Gasteiger partial charge is 0.500 e. The van der Waals surface area contributed by atoms with Crippen molar-refractivity contribution in [1.82, 2.24) is 0 Å². The molecule has 0 spiro atoms. The van der Waals surface area contributed by atoms with Crippen LogP contribution in [0.2, 0.25) is 6.04 Å². The highest BCUT2D eigenvalue weighted by Crippen LogP contribution is 2.19. The molecule has 1 unspecified atom stereocenters. The monoisotopic (exact) mass is 275 g/mol. The van der Waals surface area contributed by atoms with E-state index < -0.39 is 20.7 Å². The van der Waals surface area contributed by atoms with Gasteiger partial charge < -0.3 is 18.0 Å². The number of carbonyl (C=O) groups excluding carboxylic acids is 1. The SMILES string of the molecule is CCOC(=O)C(C#N)CCC[Si](OC)(OC)OC. The average Bonchev–Trinajstić information content (AvgIpc) is 2.40. The first-order valence-electron chi connectivity index (χ1n) is 5.80. The zero-order valence-corrected chi connectivity index (χ0v) is 12.4. The lowest BCUT2D eigenvalue weighted by atomic mass is 10.1. The Kier molecular flexibility index (Phi) is 8.57. The van der Waals surface area contributed by atoms with Gasteiger partial charge in [-0.15, -0.1) is 0 Å². The van der Waals surface area contributed by atoms with Gasteiger partial charge in [0.15, 0.2) is 0 Å². The average molecular weight is 275 g/mol. The summed E-state index contributed by atoms with van der Waals surface area (Å²) in [6, 6.07) is 2.51. The van der Waals surface area contributed by atoms with E-state index in [1.54, 1.807) is 6.92 Å². The van der Waals surface area contributed by atoms with Crippen LogP contribution >= 0.6 is 0 Å². The third-order valence-corrected chi connectivity index (χ3v) is 5.47. The van der Waals surface area contributed by atoms with E-state index in [0.717, 1.165) is 0 Å². The second kappa shape index (κ2) is 9.05. The van der Waals surface area contributed by atoms with E-state index in [1.807, 2.05) is 6.07 Å². The predicted octanol–water partition coefficient (Wildman–Crippen LogP) is 1.35. The van der Waals surface area contributed by atoms with Crippen LogP contribution in [0.15, 0.2) is 0 Å². The Labute approximate surface area is 109 Å². The first-order chi connectivity index (χ1) is 8.59. The molecule has 0 heterocycles. The Morgan fingerprint density at radius 2 is 1.83 bits per heavy atom. The normalized spacial score (nSPS) is 12.8. The molecule has 0 saturated heterocycles. The molecular formula is C11H21NO5Si. The van der Waals surface area contributed by atoms with Crippen LogP contribution in [0.5, 0.6) is 0 Å². The van der Waals surface area contributed by atoms with E-state index in [2.05, 4.69) is 0 Å². The highest BCUT2D eigenvalue weighted by atomic mass is 28.4. The zero-order valence-electron chi connectivity index (χ0n) is 11.4. The highest BCUT2D eigenvalue weighted by molar-refractivity contribution is 6.60. The van der Waals surface area contributed by atoms with E-state index in [1.165, 1.54) is 21.3 Å². The van der Waals surface area contributed by atoms with Gasteiger partial charge in [-0.1, -0.05) is 0 Å². The number of esters is 1. The van der Waals surface area contributed by atoms with Crippen molar-refractivity contribution in [3.63, 3.8) is 0 Å². The van der Waals surface area contributed by atoms with Crippen molar-refractivity contribution in [2.45, 2.75) is 25.8 Å². The van der Waals surface area contributed by atoms with Gasteiger partial charge in [0.05, 0.1) is 12.7 Å². The number of rotatable bonds is 9. The van der Waals surface area contributed by atoms with Crippen molar-refractivity contribution < 1.29 is 22.8 Å². The fourth-order valence-corrected chi connectivity index (χ4v) is 3.31. The molecule has 0 aromatic carbocycles. The van der Waals surface area contributed by atoms with Gasteiger partial charge in [-0.3, -0.25) is 4.79 Å². The molecule has 0 bridgehead atoms. The lowest BCUT2D eigenvalue weighted by molar-refractivity contribution is -0.146. The molecule has 1 atom stereocenters. The van der Waals surface area contributed by atoms with E-state index in [0.29, 0.717) is 18.9 Å². The third kappa shape index (κ3) is 5.14. The summed E-state index contributed by atoms with van der Waals surface area (Å²) in [5.74, 6) is -1.21. The summed E-state index contributed by atoms with van der Waals surface area (Å²) in [6.45, 7) is 1.99. The lowest BCUT2D eigenvalue weighted by Gasteiger charge is -2.24. The van der Waals surface area contributed by atoms with Crippen molar-refractivity contribution in [2.24, 2.45) is 5.92 Å².